The number of rotatable bonds is 4. The van der Waals surface area contributed by atoms with Gasteiger partial charge in [0.25, 0.3) is 5.78 Å². The molecule has 0 aliphatic heterocycles. The van der Waals surface area contributed by atoms with E-state index in [1.54, 1.807) is 0 Å². The lowest BCUT2D eigenvalue weighted by atomic mass is 10.2. The van der Waals surface area contributed by atoms with Gasteiger partial charge < -0.3 is 8.98 Å². The summed E-state index contributed by atoms with van der Waals surface area (Å²) in [6, 6.07) is 1.10. The van der Waals surface area contributed by atoms with Gasteiger partial charge in [0.2, 0.25) is 11.8 Å². The van der Waals surface area contributed by atoms with Crippen molar-refractivity contribution in [2.45, 2.75) is 26.1 Å². The van der Waals surface area contributed by atoms with Gasteiger partial charge in [0.1, 0.15) is 6.54 Å². The zero-order chi connectivity index (χ0) is 14.0. The molecule has 0 spiro atoms. The molecule has 19 heavy (non-hydrogen) atoms. The fourth-order valence-corrected chi connectivity index (χ4v) is 1.49. The second-order valence-corrected chi connectivity index (χ2v) is 3.84. The van der Waals surface area contributed by atoms with Gasteiger partial charge in [-0.25, -0.2) is 0 Å². The zero-order valence-electron chi connectivity index (χ0n) is 9.94. The number of carbonyl (C=O) groups excluding carboxylic acids is 1. The van der Waals surface area contributed by atoms with Gasteiger partial charge in [-0.1, -0.05) is 6.92 Å². The standard InChI is InChI=1S/C11H10F3N3O2/c1-2-8-15-16-9(19-8)6-17-4-3-7(5-17)10(18)11(12,13)14/h3-5H,2,6H2,1H3. The molecule has 2 aromatic rings. The van der Waals surface area contributed by atoms with Crippen molar-refractivity contribution in [2.75, 3.05) is 0 Å². The van der Waals surface area contributed by atoms with Crippen molar-refractivity contribution in [3.05, 3.63) is 35.8 Å². The molecule has 0 unspecified atom stereocenters. The number of nitrogens with zero attached hydrogens (tertiary/aromatic N) is 3. The van der Waals surface area contributed by atoms with Gasteiger partial charge >= 0.3 is 6.18 Å². The lowest BCUT2D eigenvalue weighted by Crippen LogP contribution is -2.22. The smallest absolute Gasteiger partial charge is 0.423 e. The van der Waals surface area contributed by atoms with Crippen LogP contribution in [0.4, 0.5) is 13.2 Å². The molecule has 0 aliphatic carbocycles. The van der Waals surface area contributed by atoms with E-state index in [9.17, 15) is 18.0 Å². The maximum Gasteiger partial charge on any atom is 0.454 e. The topological polar surface area (TPSA) is 60.9 Å². The van der Waals surface area contributed by atoms with Crippen LogP contribution in [-0.4, -0.2) is 26.7 Å². The summed E-state index contributed by atoms with van der Waals surface area (Å²) in [5.74, 6) is -1.14. The molecular weight excluding hydrogens is 263 g/mol. The van der Waals surface area contributed by atoms with Crippen molar-refractivity contribution in [3.63, 3.8) is 0 Å². The molecule has 2 rings (SSSR count). The van der Waals surface area contributed by atoms with Crippen molar-refractivity contribution in [2.24, 2.45) is 0 Å². The predicted octanol–water partition coefficient (Wildman–Crippen LogP) is 2.23. The molecule has 2 heterocycles. The Labute approximate surface area is 106 Å². The van der Waals surface area contributed by atoms with Crippen molar-refractivity contribution in [1.82, 2.24) is 14.8 Å². The number of hydrogen-bond donors (Lipinski definition) is 0. The monoisotopic (exact) mass is 273 g/mol. The largest absolute Gasteiger partial charge is 0.454 e. The van der Waals surface area contributed by atoms with Crippen LogP contribution in [0.25, 0.3) is 0 Å². The van der Waals surface area contributed by atoms with Gasteiger partial charge in [-0.15, -0.1) is 10.2 Å². The third kappa shape index (κ3) is 3.01. The minimum absolute atomic E-state index is 0.123. The average molecular weight is 273 g/mol. The molecule has 0 saturated carbocycles. The maximum absolute atomic E-state index is 12.2. The molecule has 0 amide bonds. The molecule has 5 nitrogen and oxygen atoms in total. The van der Waals surface area contributed by atoms with Crippen LogP contribution in [0.5, 0.6) is 0 Å². The van der Waals surface area contributed by atoms with Gasteiger partial charge in [0.15, 0.2) is 0 Å². The Bertz CT molecular complexity index is 586. The highest BCUT2D eigenvalue weighted by atomic mass is 19.4. The Morgan fingerprint density at radius 3 is 2.63 bits per heavy atom. The highest BCUT2D eigenvalue weighted by Crippen LogP contribution is 2.21. The first-order valence-corrected chi connectivity index (χ1v) is 5.48. The number of carbonyl (C=O) groups is 1. The van der Waals surface area contributed by atoms with E-state index in [2.05, 4.69) is 10.2 Å². The summed E-state index contributed by atoms with van der Waals surface area (Å²) in [5.41, 5.74) is -0.414. The predicted molar refractivity (Wildman–Crippen MR) is 57.6 cm³/mol. The molecule has 0 radical (unpaired) electrons. The molecule has 102 valence electrons. The summed E-state index contributed by atoms with van der Waals surface area (Å²) >= 11 is 0. The lowest BCUT2D eigenvalue weighted by Gasteiger charge is -2.02. The van der Waals surface area contributed by atoms with Gasteiger partial charge in [0, 0.05) is 24.4 Å². The first-order chi connectivity index (χ1) is 8.90. The molecule has 8 heteroatoms. The lowest BCUT2D eigenvalue weighted by molar-refractivity contribution is -0.0885. The molecule has 0 aliphatic rings. The normalized spacial score (nSPS) is 11.8. The fourth-order valence-electron chi connectivity index (χ4n) is 1.49. The van der Waals surface area contributed by atoms with Crippen molar-refractivity contribution >= 4 is 5.78 Å². The number of alkyl halides is 3. The third-order valence-electron chi connectivity index (χ3n) is 2.40. The number of hydrogen-bond acceptors (Lipinski definition) is 4. The Morgan fingerprint density at radius 2 is 2.05 bits per heavy atom. The number of Topliss-reactive ketones (excluding diaryl/α,β-unsaturated/α-hetero) is 1. The Balaban J connectivity index is 2.11. The molecule has 0 aromatic carbocycles. The van der Waals surface area contributed by atoms with E-state index in [1.165, 1.54) is 10.8 Å². The second kappa shape index (κ2) is 4.87. The van der Waals surface area contributed by atoms with E-state index < -0.39 is 17.5 Å². The van der Waals surface area contributed by atoms with Gasteiger partial charge in [-0.2, -0.15) is 13.2 Å². The second-order valence-electron chi connectivity index (χ2n) is 3.84. The fraction of sp³-hybridized carbons (Fsp3) is 0.364. The highest BCUT2D eigenvalue weighted by molar-refractivity contribution is 6.00. The van der Waals surface area contributed by atoms with Crippen molar-refractivity contribution < 1.29 is 22.4 Å². The van der Waals surface area contributed by atoms with E-state index in [0.29, 0.717) is 12.3 Å². The Kier molecular flexibility index (Phi) is 3.41. The Hall–Kier alpha value is -2.12. The van der Waals surface area contributed by atoms with Gasteiger partial charge in [-0.3, -0.25) is 4.79 Å². The van der Waals surface area contributed by atoms with Crippen LogP contribution in [0.2, 0.25) is 0 Å². The first-order valence-electron chi connectivity index (χ1n) is 5.48. The Morgan fingerprint density at radius 1 is 1.37 bits per heavy atom. The molecule has 2 aromatic heterocycles. The quantitative estimate of drug-likeness (QED) is 0.801. The summed E-state index contributed by atoms with van der Waals surface area (Å²) in [6.07, 6.45) is -1.83. The summed E-state index contributed by atoms with van der Waals surface area (Å²) in [5, 5.41) is 7.48. The minimum atomic E-state index is -4.87. The zero-order valence-corrected chi connectivity index (χ0v) is 9.94. The number of aromatic nitrogens is 3. The van der Waals surface area contributed by atoms with Gasteiger partial charge in [-0.05, 0) is 6.07 Å². The summed E-state index contributed by atoms with van der Waals surface area (Å²) in [4.78, 5) is 11.0. The summed E-state index contributed by atoms with van der Waals surface area (Å²) in [6.45, 7) is 1.96. The van der Waals surface area contributed by atoms with Gasteiger partial charge in [0.05, 0.1) is 0 Å². The van der Waals surface area contributed by atoms with E-state index in [0.717, 1.165) is 12.3 Å². The van der Waals surface area contributed by atoms with Crippen LogP contribution in [0.1, 0.15) is 29.1 Å². The number of halogens is 3. The van der Waals surface area contributed by atoms with Crippen LogP contribution in [0, 0.1) is 0 Å². The van der Waals surface area contributed by atoms with Crippen molar-refractivity contribution in [3.8, 4) is 0 Å². The number of ketones is 1. The molecule has 0 N–H and O–H groups in total. The van der Waals surface area contributed by atoms with Crippen molar-refractivity contribution in [1.29, 1.82) is 0 Å². The molecule has 0 atom stereocenters. The highest BCUT2D eigenvalue weighted by Gasteiger charge is 2.39. The van der Waals surface area contributed by atoms with Crippen LogP contribution in [0.3, 0.4) is 0 Å². The average Bonchev–Trinajstić information content (AvgIpc) is 2.96. The van der Waals surface area contributed by atoms with E-state index >= 15 is 0 Å². The molecule has 0 saturated heterocycles. The summed E-state index contributed by atoms with van der Waals surface area (Å²) in [7, 11) is 0. The molecule has 0 bridgehead atoms. The maximum atomic E-state index is 12.2. The van der Waals surface area contributed by atoms with Crippen LogP contribution in [0.15, 0.2) is 22.9 Å². The van der Waals surface area contributed by atoms with E-state index in [4.69, 9.17) is 4.42 Å². The van der Waals surface area contributed by atoms with Crippen LogP contribution >= 0.6 is 0 Å². The van der Waals surface area contributed by atoms with E-state index in [-0.39, 0.29) is 12.4 Å². The van der Waals surface area contributed by atoms with Crippen LogP contribution < -0.4 is 0 Å². The SMILES string of the molecule is CCc1nnc(Cn2ccc(C(=O)C(F)(F)F)c2)o1. The minimum Gasteiger partial charge on any atom is -0.423 e. The summed E-state index contributed by atoms with van der Waals surface area (Å²) < 4.78 is 43.3. The molecule has 0 fully saturated rings. The first kappa shape index (κ1) is 13.3. The molecular formula is C11H10F3N3O2. The van der Waals surface area contributed by atoms with E-state index in [1.807, 2.05) is 6.92 Å². The third-order valence-corrected chi connectivity index (χ3v) is 2.40. The number of aryl methyl sites for hydroxylation is 1. The van der Waals surface area contributed by atoms with Crippen LogP contribution in [-0.2, 0) is 13.0 Å².